The molecule has 0 amide bonds. The normalized spacial score (nSPS) is 11.6. The van der Waals surface area contributed by atoms with Crippen LogP contribution in [0.1, 0.15) is 0 Å². The third kappa shape index (κ3) is 5.40. The monoisotopic (exact) mass is 732 g/mol. The Hall–Kier alpha value is -7.21. The van der Waals surface area contributed by atoms with Crippen molar-refractivity contribution in [3.05, 3.63) is 194 Å². The number of fused-ring (bicyclic) bond motifs is 6. The number of rotatable bonds is 6. The van der Waals surface area contributed by atoms with Gasteiger partial charge < -0.3 is 4.57 Å². The molecule has 0 aliphatic carbocycles. The Kier molecular flexibility index (Phi) is 7.64. The van der Waals surface area contributed by atoms with Gasteiger partial charge in [-0.05, 0) is 70.8 Å². The van der Waals surface area contributed by atoms with Crippen molar-refractivity contribution in [2.75, 3.05) is 0 Å². The van der Waals surface area contributed by atoms with Gasteiger partial charge in [0, 0.05) is 53.3 Å². The van der Waals surface area contributed by atoms with Crippen LogP contribution in [0.2, 0.25) is 0 Å². The SMILES string of the molecule is c1ccc(-c2nc(-c3ccccc3)nc(-c3cccc4c3sc3ccc(-c5ccccc5-c5ccc6c(c5)c5ccccc5n6-c5ccccc5)cc34)n2)cc1. The van der Waals surface area contributed by atoms with Crippen LogP contribution in [-0.2, 0) is 0 Å². The van der Waals surface area contributed by atoms with Gasteiger partial charge in [-0.3, -0.25) is 0 Å². The van der Waals surface area contributed by atoms with E-state index in [1.165, 1.54) is 59.5 Å². The minimum atomic E-state index is 0.661. The van der Waals surface area contributed by atoms with E-state index in [4.69, 9.17) is 15.0 Å². The van der Waals surface area contributed by atoms with Gasteiger partial charge in [0.2, 0.25) is 0 Å². The molecule has 0 aliphatic heterocycles. The van der Waals surface area contributed by atoms with E-state index >= 15 is 0 Å². The summed E-state index contributed by atoms with van der Waals surface area (Å²) in [4.78, 5) is 15.1. The zero-order valence-electron chi connectivity index (χ0n) is 30.2. The smallest absolute Gasteiger partial charge is 0.165 e. The lowest BCUT2D eigenvalue weighted by molar-refractivity contribution is 1.08. The molecule has 8 aromatic carbocycles. The zero-order valence-corrected chi connectivity index (χ0v) is 31.0. The third-order valence-electron chi connectivity index (χ3n) is 10.7. The molecule has 5 heteroatoms. The maximum absolute atomic E-state index is 5.07. The average molecular weight is 733 g/mol. The summed E-state index contributed by atoms with van der Waals surface area (Å²) in [5.41, 5.74) is 11.3. The van der Waals surface area contributed by atoms with Gasteiger partial charge in [-0.1, -0.05) is 146 Å². The predicted molar refractivity (Wildman–Crippen MR) is 234 cm³/mol. The number of aromatic nitrogens is 4. The van der Waals surface area contributed by atoms with E-state index in [2.05, 4.69) is 138 Å². The van der Waals surface area contributed by atoms with Gasteiger partial charge in [-0.15, -0.1) is 11.3 Å². The first-order chi connectivity index (χ1) is 27.8. The van der Waals surface area contributed by atoms with Crippen LogP contribution in [0.5, 0.6) is 0 Å². The van der Waals surface area contributed by atoms with Crippen LogP contribution in [0, 0.1) is 0 Å². The van der Waals surface area contributed by atoms with Crippen LogP contribution in [0.25, 0.3) is 104 Å². The second-order valence-electron chi connectivity index (χ2n) is 14.0. The molecule has 56 heavy (non-hydrogen) atoms. The van der Waals surface area contributed by atoms with Gasteiger partial charge in [-0.25, -0.2) is 15.0 Å². The minimum Gasteiger partial charge on any atom is -0.309 e. The van der Waals surface area contributed by atoms with Crippen molar-refractivity contribution in [3.8, 4) is 62.1 Å². The number of nitrogens with zero attached hydrogens (tertiary/aromatic N) is 4. The number of thiophene rings is 1. The Morgan fingerprint density at radius 1 is 0.339 bits per heavy atom. The maximum atomic E-state index is 5.07. The molecule has 0 fully saturated rings. The Bertz CT molecular complexity index is 3180. The van der Waals surface area contributed by atoms with Gasteiger partial charge in [0.25, 0.3) is 0 Å². The van der Waals surface area contributed by atoms with E-state index < -0.39 is 0 Å². The maximum Gasteiger partial charge on any atom is 0.165 e. The molecular weight excluding hydrogens is 701 g/mol. The number of hydrogen-bond donors (Lipinski definition) is 0. The Labute approximate surface area is 327 Å². The van der Waals surface area contributed by atoms with Crippen molar-refractivity contribution >= 4 is 53.3 Å². The summed E-state index contributed by atoms with van der Waals surface area (Å²) >= 11 is 1.79. The number of hydrogen-bond acceptors (Lipinski definition) is 4. The molecule has 0 unspecified atom stereocenters. The molecule has 3 heterocycles. The van der Waals surface area contributed by atoms with Crippen molar-refractivity contribution < 1.29 is 0 Å². The second kappa shape index (κ2) is 13.3. The Morgan fingerprint density at radius 3 is 1.55 bits per heavy atom. The fourth-order valence-electron chi connectivity index (χ4n) is 8.05. The van der Waals surface area contributed by atoms with E-state index in [0.29, 0.717) is 17.5 Å². The first-order valence-corrected chi connectivity index (χ1v) is 19.6. The first-order valence-electron chi connectivity index (χ1n) is 18.8. The summed E-state index contributed by atoms with van der Waals surface area (Å²) in [6.07, 6.45) is 0. The first kappa shape index (κ1) is 32.2. The van der Waals surface area contributed by atoms with Crippen LogP contribution in [-0.4, -0.2) is 19.5 Å². The van der Waals surface area contributed by atoms with Gasteiger partial charge in [-0.2, -0.15) is 0 Å². The molecule has 3 aromatic heterocycles. The molecule has 0 N–H and O–H groups in total. The fraction of sp³-hybridized carbons (Fsp3) is 0. The average Bonchev–Trinajstić information content (AvgIpc) is 3.82. The summed E-state index contributed by atoms with van der Waals surface area (Å²) < 4.78 is 4.76. The topological polar surface area (TPSA) is 43.6 Å². The van der Waals surface area contributed by atoms with E-state index in [-0.39, 0.29) is 0 Å². The molecule has 0 bridgehead atoms. The molecule has 4 nitrogen and oxygen atoms in total. The largest absolute Gasteiger partial charge is 0.309 e. The summed E-state index contributed by atoms with van der Waals surface area (Å²) in [5, 5.41) is 4.91. The number of benzene rings is 8. The van der Waals surface area contributed by atoms with Crippen LogP contribution in [0.3, 0.4) is 0 Å². The van der Waals surface area contributed by atoms with Crippen molar-refractivity contribution in [1.82, 2.24) is 19.5 Å². The molecule has 262 valence electrons. The molecule has 0 radical (unpaired) electrons. The highest BCUT2D eigenvalue weighted by Crippen LogP contribution is 2.43. The van der Waals surface area contributed by atoms with Gasteiger partial charge in [0.15, 0.2) is 17.5 Å². The molecular formula is C51H32N4S. The van der Waals surface area contributed by atoms with Crippen molar-refractivity contribution in [2.45, 2.75) is 0 Å². The highest BCUT2D eigenvalue weighted by molar-refractivity contribution is 7.26. The predicted octanol–water partition coefficient (Wildman–Crippen LogP) is 13.7. The van der Waals surface area contributed by atoms with Crippen molar-refractivity contribution in [3.63, 3.8) is 0 Å². The highest BCUT2D eigenvalue weighted by atomic mass is 32.1. The molecule has 0 saturated heterocycles. The summed E-state index contributed by atoms with van der Waals surface area (Å²) in [6, 6.07) is 68.7. The molecule has 0 atom stereocenters. The lowest BCUT2D eigenvalue weighted by Gasteiger charge is -2.12. The summed E-state index contributed by atoms with van der Waals surface area (Å²) in [6.45, 7) is 0. The molecule has 0 aliphatic rings. The van der Waals surface area contributed by atoms with Gasteiger partial charge in [0.1, 0.15) is 0 Å². The molecule has 0 saturated carbocycles. The number of para-hydroxylation sites is 2. The Morgan fingerprint density at radius 2 is 0.857 bits per heavy atom. The summed E-state index contributed by atoms with van der Waals surface area (Å²) in [7, 11) is 0. The second-order valence-corrected chi connectivity index (χ2v) is 15.1. The Balaban J connectivity index is 1.04. The van der Waals surface area contributed by atoms with Crippen LogP contribution in [0.4, 0.5) is 0 Å². The van der Waals surface area contributed by atoms with Crippen molar-refractivity contribution in [2.24, 2.45) is 0 Å². The lowest BCUT2D eigenvalue weighted by atomic mass is 9.93. The van der Waals surface area contributed by atoms with E-state index in [9.17, 15) is 0 Å². The van der Waals surface area contributed by atoms with Gasteiger partial charge in [0.05, 0.1) is 11.0 Å². The molecule has 11 aromatic rings. The quantitative estimate of drug-likeness (QED) is 0.171. The van der Waals surface area contributed by atoms with Gasteiger partial charge >= 0.3 is 0 Å². The molecule has 0 spiro atoms. The van der Waals surface area contributed by atoms with Crippen LogP contribution >= 0.6 is 11.3 Å². The summed E-state index contributed by atoms with van der Waals surface area (Å²) in [5.74, 6) is 1.99. The highest BCUT2D eigenvalue weighted by Gasteiger charge is 2.18. The van der Waals surface area contributed by atoms with E-state index in [1.807, 2.05) is 60.7 Å². The van der Waals surface area contributed by atoms with Crippen LogP contribution < -0.4 is 0 Å². The molecule has 11 rings (SSSR count). The van der Waals surface area contributed by atoms with E-state index in [1.54, 1.807) is 11.3 Å². The van der Waals surface area contributed by atoms with Crippen molar-refractivity contribution in [1.29, 1.82) is 0 Å². The lowest BCUT2D eigenvalue weighted by Crippen LogP contribution is -2.00. The fourth-order valence-corrected chi connectivity index (χ4v) is 9.25. The third-order valence-corrected chi connectivity index (χ3v) is 11.9. The van der Waals surface area contributed by atoms with Crippen LogP contribution in [0.15, 0.2) is 194 Å². The standard InChI is InChI=1S/C51H32N4S/c1-4-15-33(16-5-1)49-52-50(34-17-6-2-7-18-34)54-51(53-49)42-25-14-24-41-44-32-36(28-30-47(44)56-48(41)42)39-22-11-10-21-38(39)35-27-29-46-43(31-35)40-23-12-13-26-45(40)55(46)37-19-8-3-9-20-37/h1-32H. The minimum absolute atomic E-state index is 0.661. The van der Waals surface area contributed by atoms with E-state index in [0.717, 1.165) is 27.1 Å². The zero-order chi connectivity index (χ0) is 37.0.